The molecule has 15 heavy (non-hydrogen) atoms. The Morgan fingerprint density at radius 1 is 1.33 bits per heavy atom. The van der Waals surface area contributed by atoms with E-state index in [-0.39, 0.29) is 18.6 Å². The molecule has 0 aromatic carbocycles. The Balaban J connectivity index is 3.82. The summed E-state index contributed by atoms with van der Waals surface area (Å²) in [6.45, 7) is 6.88. The third-order valence-electron chi connectivity index (χ3n) is 1.60. The molecule has 88 valence electrons. The van der Waals surface area contributed by atoms with Crippen molar-refractivity contribution in [3.63, 3.8) is 0 Å². The predicted octanol–water partition coefficient (Wildman–Crippen LogP) is 1.45. The van der Waals surface area contributed by atoms with E-state index in [0.29, 0.717) is 6.42 Å². The van der Waals surface area contributed by atoms with Crippen molar-refractivity contribution in [3.05, 3.63) is 0 Å². The van der Waals surface area contributed by atoms with Gasteiger partial charge in [0, 0.05) is 6.42 Å². The third-order valence-corrected chi connectivity index (χ3v) is 1.60. The molecular formula is C11H20O4. The lowest BCUT2D eigenvalue weighted by Crippen LogP contribution is -2.25. The summed E-state index contributed by atoms with van der Waals surface area (Å²) < 4.78 is 4.99. The number of rotatable bonds is 5. The average molecular weight is 216 g/mol. The first kappa shape index (κ1) is 14.1. The van der Waals surface area contributed by atoms with Crippen molar-refractivity contribution in [3.8, 4) is 0 Å². The number of hydrogen-bond donors (Lipinski definition) is 1. The van der Waals surface area contributed by atoms with Gasteiger partial charge in [-0.1, -0.05) is 0 Å². The molecule has 0 radical (unpaired) electrons. The molecule has 0 saturated heterocycles. The minimum Gasteiger partial charge on any atom is -0.460 e. The predicted molar refractivity (Wildman–Crippen MR) is 56.4 cm³/mol. The first-order valence-electron chi connectivity index (χ1n) is 5.12. The lowest BCUT2D eigenvalue weighted by molar-refractivity contribution is -0.156. The fraction of sp³-hybridized carbons (Fsp3) is 0.818. The van der Waals surface area contributed by atoms with E-state index >= 15 is 0 Å². The van der Waals surface area contributed by atoms with Gasteiger partial charge in [-0.2, -0.15) is 0 Å². The molecule has 0 bridgehead atoms. The minimum absolute atomic E-state index is 0.190. The van der Waals surface area contributed by atoms with Crippen molar-refractivity contribution in [2.45, 2.75) is 58.7 Å². The zero-order chi connectivity index (χ0) is 12.1. The van der Waals surface area contributed by atoms with Gasteiger partial charge >= 0.3 is 5.97 Å². The highest BCUT2D eigenvalue weighted by Gasteiger charge is 2.18. The van der Waals surface area contributed by atoms with E-state index in [0.717, 1.165) is 0 Å². The monoisotopic (exact) mass is 216 g/mol. The molecular weight excluding hydrogens is 196 g/mol. The number of ketones is 1. The van der Waals surface area contributed by atoms with E-state index in [1.807, 2.05) is 0 Å². The van der Waals surface area contributed by atoms with Crippen LogP contribution in [-0.4, -0.2) is 28.6 Å². The molecule has 0 aromatic heterocycles. The molecule has 0 saturated carbocycles. The number of Topliss-reactive ketones (excluding diaryl/α,β-unsaturated/α-hetero) is 1. The van der Waals surface area contributed by atoms with E-state index in [1.165, 1.54) is 0 Å². The molecule has 0 aliphatic carbocycles. The molecule has 0 spiro atoms. The number of esters is 1. The largest absolute Gasteiger partial charge is 0.460 e. The van der Waals surface area contributed by atoms with Gasteiger partial charge in [0.2, 0.25) is 0 Å². The van der Waals surface area contributed by atoms with Crippen molar-refractivity contribution in [2.75, 3.05) is 0 Å². The molecule has 0 fully saturated rings. The van der Waals surface area contributed by atoms with Gasteiger partial charge in [-0.15, -0.1) is 0 Å². The van der Waals surface area contributed by atoms with Crippen LogP contribution < -0.4 is 0 Å². The van der Waals surface area contributed by atoms with Crippen LogP contribution in [0.4, 0.5) is 0 Å². The molecule has 4 heteroatoms. The van der Waals surface area contributed by atoms with E-state index in [4.69, 9.17) is 9.84 Å². The highest BCUT2D eigenvalue weighted by atomic mass is 16.6. The molecule has 0 aliphatic rings. The summed E-state index contributed by atoms with van der Waals surface area (Å²) in [5.41, 5.74) is -0.554. The Hall–Kier alpha value is -0.900. The number of carbonyl (C=O) groups excluding carboxylic acids is 2. The maximum Gasteiger partial charge on any atom is 0.313 e. The van der Waals surface area contributed by atoms with Crippen molar-refractivity contribution < 1.29 is 19.4 Å². The standard InChI is InChI=1S/C11H20O4/c1-8(12)5-6-9(13)7-10(14)15-11(2,3)4/h8,12H,5-7H2,1-4H3. The summed E-state index contributed by atoms with van der Waals surface area (Å²) >= 11 is 0. The summed E-state index contributed by atoms with van der Waals surface area (Å²) in [5, 5.41) is 8.95. The van der Waals surface area contributed by atoms with Gasteiger partial charge in [-0.05, 0) is 34.1 Å². The van der Waals surface area contributed by atoms with Gasteiger partial charge in [0.15, 0.2) is 0 Å². The summed E-state index contributed by atoms with van der Waals surface area (Å²) in [7, 11) is 0. The fourth-order valence-corrected chi connectivity index (χ4v) is 0.997. The molecule has 1 atom stereocenters. The lowest BCUT2D eigenvalue weighted by atomic mass is 10.1. The second kappa shape index (κ2) is 5.85. The van der Waals surface area contributed by atoms with Gasteiger partial charge in [0.25, 0.3) is 0 Å². The van der Waals surface area contributed by atoms with Gasteiger partial charge in [0.05, 0.1) is 6.10 Å². The smallest absolute Gasteiger partial charge is 0.313 e. The second-order valence-corrected chi connectivity index (χ2v) is 4.69. The Bertz CT molecular complexity index is 225. The highest BCUT2D eigenvalue weighted by Crippen LogP contribution is 2.09. The molecule has 0 amide bonds. The van der Waals surface area contributed by atoms with Crippen molar-refractivity contribution in [1.29, 1.82) is 0 Å². The summed E-state index contributed by atoms with van der Waals surface area (Å²) in [5.74, 6) is -0.691. The SMILES string of the molecule is CC(O)CCC(=O)CC(=O)OC(C)(C)C. The van der Waals surface area contributed by atoms with Gasteiger partial charge in [-0.25, -0.2) is 0 Å². The number of aliphatic hydroxyl groups is 1. The molecule has 0 heterocycles. The fourth-order valence-electron chi connectivity index (χ4n) is 0.997. The normalized spacial score (nSPS) is 13.4. The number of ether oxygens (including phenoxy) is 1. The van der Waals surface area contributed by atoms with Crippen molar-refractivity contribution >= 4 is 11.8 Å². The molecule has 4 nitrogen and oxygen atoms in total. The third kappa shape index (κ3) is 9.41. The van der Waals surface area contributed by atoms with Crippen LogP contribution in [-0.2, 0) is 14.3 Å². The van der Waals surface area contributed by atoms with Crippen LogP contribution in [0.1, 0.15) is 47.0 Å². The Morgan fingerprint density at radius 3 is 2.27 bits per heavy atom. The Kier molecular flexibility index (Phi) is 5.50. The van der Waals surface area contributed by atoms with Crippen molar-refractivity contribution in [1.82, 2.24) is 0 Å². The van der Waals surface area contributed by atoms with Crippen LogP contribution in [0.25, 0.3) is 0 Å². The van der Waals surface area contributed by atoms with Gasteiger partial charge in [-0.3, -0.25) is 9.59 Å². The van der Waals surface area contributed by atoms with Crippen LogP contribution in [0.3, 0.4) is 0 Å². The molecule has 1 unspecified atom stereocenters. The van der Waals surface area contributed by atoms with E-state index in [2.05, 4.69) is 0 Å². The van der Waals surface area contributed by atoms with Crippen LogP contribution in [0, 0.1) is 0 Å². The molecule has 0 rings (SSSR count). The maximum atomic E-state index is 11.2. The Labute approximate surface area is 90.6 Å². The van der Waals surface area contributed by atoms with Crippen LogP contribution in [0.15, 0.2) is 0 Å². The topological polar surface area (TPSA) is 63.6 Å². The van der Waals surface area contributed by atoms with E-state index in [9.17, 15) is 9.59 Å². The first-order valence-corrected chi connectivity index (χ1v) is 5.12. The quantitative estimate of drug-likeness (QED) is 0.558. The number of aliphatic hydroxyl groups excluding tert-OH is 1. The Morgan fingerprint density at radius 2 is 1.87 bits per heavy atom. The average Bonchev–Trinajstić information content (AvgIpc) is 1.96. The molecule has 1 N–H and O–H groups in total. The van der Waals surface area contributed by atoms with Crippen LogP contribution in [0.2, 0.25) is 0 Å². The lowest BCUT2D eigenvalue weighted by Gasteiger charge is -2.19. The highest BCUT2D eigenvalue weighted by molar-refractivity contribution is 5.95. The maximum absolute atomic E-state index is 11.2. The first-order chi connectivity index (χ1) is 6.70. The molecule has 0 aromatic rings. The zero-order valence-electron chi connectivity index (χ0n) is 9.87. The summed E-state index contributed by atoms with van der Waals surface area (Å²) in [4.78, 5) is 22.4. The summed E-state index contributed by atoms with van der Waals surface area (Å²) in [6, 6.07) is 0. The zero-order valence-corrected chi connectivity index (χ0v) is 9.87. The van der Waals surface area contributed by atoms with E-state index in [1.54, 1.807) is 27.7 Å². The minimum atomic E-state index is -0.554. The van der Waals surface area contributed by atoms with E-state index < -0.39 is 17.7 Å². The van der Waals surface area contributed by atoms with Crippen LogP contribution in [0.5, 0.6) is 0 Å². The number of carbonyl (C=O) groups is 2. The van der Waals surface area contributed by atoms with Gasteiger partial charge in [0.1, 0.15) is 17.8 Å². The molecule has 0 aliphatic heterocycles. The van der Waals surface area contributed by atoms with Gasteiger partial charge < -0.3 is 9.84 Å². The van der Waals surface area contributed by atoms with Crippen molar-refractivity contribution in [2.24, 2.45) is 0 Å². The second-order valence-electron chi connectivity index (χ2n) is 4.69. The number of hydrogen-bond acceptors (Lipinski definition) is 4. The van der Waals surface area contributed by atoms with Crippen LogP contribution >= 0.6 is 0 Å². The summed E-state index contributed by atoms with van der Waals surface area (Å²) in [6.07, 6.45) is -0.102.